The lowest BCUT2D eigenvalue weighted by Crippen LogP contribution is -2.32. The van der Waals surface area contributed by atoms with Crippen LogP contribution in [0, 0.1) is 5.41 Å². The van der Waals surface area contributed by atoms with Gasteiger partial charge < -0.3 is 0 Å². The van der Waals surface area contributed by atoms with Crippen LogP contribution in [0.5, 0.6) is 0 Å². The van der Waals surface area contributed by atoms with Crippen LogP contribution in [0.2, 0.25) is 0 Å². The van der Waals surface area contributed by atoms with Gasteiger partial charge in [-0.25, -0.2) is 8.42 Å². The molecule has 0 amide bonds. The van der Waals surface area contributed by atoms with Crippen molar-refractivity contribution in [1.29, 1.82) is 0 Å². The van der Waals surface area contributed by atoms with E-state index in [1.54, 1.807) is 15.8 Å². The van der Waals surface area contributed by atoms with Gasteiger partial charge in [0.2, 0.25) is 10.0 Å². The van der Waals surface area contributed by atoms with Crippen LogP contribution in [-0.4, -0.2) is 25.8 Å². The standard InChI is InChI=1S/C13H20ClNO2S2/c1-13(2)5-3-7-15(8-6-13)19(16,17)12-4-9-18-11(12)10-14/h4,9H,3,5-8,10H2,1-2H3. The molecule has 0 atom stereocenters. The van der Waals surface area contributed by atoms with Gasteiger partial charge in [-0.05, 0) is 36.1 Å². The predicted octanol–water partition coefficient (Wildman–Crippen LogP) is 3.69. The summed E-state index contributed by atoms with van der Waals surface area (Å²) in [6, 6.07) is 1.67. The number of sulfonamides is 1. The molecule has 3 nitrogen and oxygen atoms in total. The molecular formula is C13H20ClNO2S2. The van der Waals surface area contributed by atoms with E-state index >= 15 is 0 Å². The fourth-order valence-corrected chi connectivity index (χ4v) is 5.59. The van der Waals surface area contributed by atoms with Gasteiger partial charge >= 0.3 is 0 Å². The summed E-state index contributed by atoms with van der Waals surface area (Å²) in [5.41, 5.74) is 0.230. The fourth-order valence-electron chi connectivity index (χ4n) is 2.43. The molecule has 1 saturated heterocycles. The Morgan fingerprint density at radius 3 is 2.79 bits per heavy atom. The molecule has 0 saturated carbocycles. The lowest BCUT2D eigenvalue weighted by atomic mass is 9.85. The lowest BCUT2D eigenvalue weighted by Gasteiger charge is -2.23. The first-order valence-electron chi connectivity index (χ1n) is 6.49. The van der Waals surface area contributed by atoms with Crippen molar-refractivity contribution in [2.75, 3.05) is 13.1 Å². The molecule has 1 fully saturated rings. The van der Waals surface area contributed by atoms with Gasteiger partial charge in [0, 0.05) is 18.0 Å². The van der Waals surface area contributed by atoms with Crippen LogP contribution >= 0.6 is 22.9 Å². The zero-order valence-corrected chi connectivity index (χ0v) is 13.7. The molecule has 108 valence electrons. The van der Waals surface area contributed by atoms with Crippen LogP contribution in [0.1, 0.15) is 38.0 Å². The minimum absolute atomic E-state index is 0.230. The topological polar surface area (TPSA) is 37.4 Å². The van der Waals surface area contributed by atoms with E-state index in [0.717, 1.165) is 24.1 Å². The van der Waals surface area contributed by atoms with Gasteiger partial charge in [0.05, 0.1) is 10.8 Å². The third kappa shape index (κ3) is 3.32. The molecule has 0 aromatic carbocycles. The lowest BCUT2D eigenvalue weighted by molar-refractivity contribution is 0.315. The van der Waals surface area contributed by atoms with Crippen molar-refractivity contribution in [3.8, 4) is 0 Å². The smallest absolute Gasteiger partial charge is 0.207 e. The molecule has 19 heavy (non-hydrogen) atoms. The second-order valence-corrected chi connectivity index (χ2v) is 8.94. The van der Waals surface area contributed by atoms with E-state index in [1.807, 2.05) is 0 Å². The van der Waals surface area contributed by atoms with Crippen molar-refractivity contribution in [2.24, 2.45) is 5.41 Å². The largest absolute Gasteiger partial charge is 0.244 e. The van der Waals surface area contributed by atoms with Crippen LogP contribution in [0.25, 0.3) is 0 Å². The summed E-state index contributed by atoms with van der Waals surface area (Å²) < 4.78 is 27.0. The van der Waals surface area contributed by atoms with Crippen molar-refractivity contribution in [3.63, 3.8) is 0 Å². The molecule has 0 radical (unpaired) electrons. The Morgan fingerprint density at radius 2 is 2.11 bits per heavy atom. The molecule has 0 spiro atoms. The van der Waals surface area contributed by atoms with Gasteiger partial charge in [0.25, 0.3) is 0 Å². The van der Waals surface area contributed by atoms with E-state index in [2.05, 4.69) is 13.8 Å². The van der Waals surface area contributed by atoms with E-state index in [0.29, 0.717) is 18.0 Å². The maximum Gasteiger partial charge on any atom is 0.244 e. The van der Waals surface area contributed by atoms with Crippen molar-refractivity contribution in [3.05, 3.63) is 16.3 Å². The quantitative estimate of drug-likeness (QED) is 0.796. The first-order chi connectivity index (χ1) is 8.87. The molecule has 0 N–H and O–H groups in total. The van der Waals surface area contributed by atoms with Gasteiger partial charge in [-0.2, -0.15) is 4.31 Å². The molecule has 2 rings (SSSR count). The Bertz CT molecular complexity index is 537. The average Bonchev–Trinajstić information content (AvgIpc) is 2.74. The van der Waals surface area contributed by atoms with E-state index in [9.17, 15) is 8.42 Å². The Labute approximate surface area is 124 Å². The summed E-state index contributed by atoms with van der Waals surface area (Å²) in [5.74, 6) is 0.256. The fraction of sp³-hybridized carbons (Fsp3) is 0.692. The van der Waals surface area contributed by atoms with Crippen molar-refractivity contribution in [2.45, 2.75) is 43.9 Å². The predicted molar refractivity (Wildman–Crippen MR) is 80.3 cm³/mol. The third-order valence-electron chi connectivity index (χ3n) is 3.74. The van der Waals surface area contributed by atoms with Gasteiger partial charge in [-0.15, -0.1) is 22.9 Å². The monoisotopic (exact) mass is 321 g/mol. The number of thiophene rings is 1. The minimum Gasteiger partial charge on any atom is -0.207 e. The van der Waals surface area contributed by atoms with Crippen LogP contribution in [0.15, 0.2) is 16.3 Å². The Balaban J connectivity index is 2.25. The number of hydrogen-bond acceptors (Lipinski definition) is 3. The molecule has 1 aliphatic heterocycles. The molecular weight excluding hydrogens is 302 g/mol. The van der Waals surface area contributed by atoms with Crippen molar-refractivity contribution >= 4 is 33.0 Å². The van der Waals surface area contributed by atoms with Gasteiger partial charge in [0.1, 0.15) is 0 Å². The van der Waals surface area contributed by atoms with E-state index in [1.165, 1.54) is 11.3 Å². The van der Waals surface area contributed by atoms with Gasteiger partial charge in [-0.1, -0.05) is 13.8 Å². The summed E-state index contributed by atoms with van der Waals surface area (Å²) in [6.07, 6.45) is 2.91. The number of rotatable bonds is 3. The first kappa shape index (κ1) is 15.3. The Hall–Kier alpha value is -0.100. The maximum atomic E-state index is 12.7. The number of halogens is 1. The highest BCUT2D eigenvalue weighted by Crippen LogP contribution is 2.33. The second-order valence-electron chi connectivity index (χ2n) is 5.76. The Morgan fingerprint density at radius 1 is 1.37 bits per heavy atom. The number of alkyl halides is 1. The SMILES string of the molecule is CC1(C)CCCN(S(=O)(=O)c2ccsc2CCl)CC1. The Kier molecular flexibility index (Phi) is 4.60. The van der Waals surface area contributed by atoms with Crippen LogP contribution < -0.4 is 0 Å². The zero-order valence-electron chi connectivity index (χ0n) is 11.4. The third-order valence-corrected chi connectivity index (χ3v) is 7.20. The van der Waals surface area contributed by atoms with Gasteiger partial charge in [0.15, 0.2) is 0 Å². The average molecular weight is 322 g/mol. The molecule has 0 aliphatic carbocycles. The number of hydrogen-bond donors (Lipinski definition) is 0. The highest BCUT2D eigenvalue weighted by molar-refractivity contribution is 7.89. The molecule has 2 heterocycles. The van der Waals surface area contributed by atoms with Crippen LogP contribution in [0.4, 0.5) is 0 Å². The summed E-state index contributed by atoms with van der Waals surface area (Å²) in [6.45, 7) is 5.63. The number of nitrogens with zero attached hydrogens (tertiary/aromatic N) is 1. The summed E-state index contributed by atoms with van der Waals surface area (Å²) >= 11 is 7.23. The van der Waals surface area contributed by atoms with Crippen molar-refractivity contribution < 1.29 is 8.42 Å². The summed E-state index contributed by atoms with van der Waals surface area (Å²) in [7, 11) is -3.38. The summed E-state index contributed by atoms with van der Waals surface area (Å²) in [4.78, 5) is 1.14. The molecule has 0 bridgehead atoms. The first-order valence-corrected chi connectivity index (χ1v) is 9.35. The minimum atomic E-state index is -3.38. The summed E-state index contributed by atoms with van der Waals surface area (Å²) in [5, 5.41) is 1.80. The van der Waals surface area contributed by atoms with Crippen LogP contribution in [-0.2, 0) is 15.9 Å². The highest BCUT2D eigenvalue weighted by atomic mass is 35.5. The molecule has 1 aliphatic rings. The van der Waals surface area contributed by atoms with E-state index < -0.39 is 10.0 Å². The van der Waals surface area contributed by atoms with E-state index in [-0.39, 0.29) is 11.3 Å². The molecule has 1 aromatic heterocycles. The normalized spacial score (nSPS) is 21.2. The molecule has 6 heteroatoms. The van der Waals surface area contributed by atoms with E-state index in [4.69, 9.17) is 11.6 Å². The second kappa shape index (κ2) is 5.72. The molecule has 0 unspecified atom stereocenters. The zero-order chi connectivity index (χ0) is 14.1. The highest BCUT2D eigenvalue weighted by Gasteiger charge is 2.31. The maximum absolute atomic E-state index is 12.7. The van der Waals surface area contributed by atoms with Crippen LogP contribution in [0.3, 0.4) is 0 Å². The van der Waals surface area contributed by atoms with Gasteiger partial charge in [-0.3, -0.25) is 0 Å². The van der Waals surface area contributed by atoms with Crippen molar-refractivity contribution in [1.82, 2.24) is 4.31 Å². The molecule has 1 aromatic rings.